The quantitative estimate of drug-likeness (QED) is 0.741. The maximum atomic E-state index is 11.1. The highest BCUT2D eigenvalue weighted by Crippen LogP contribution is 2.30. The third kappa shape index (κ3) is 2.54. The fraction of sp³-hybridized carbons (Fsp3) is 0.222. The van der Waals surface area contributed by atoms with E-state index in [4.69, 9.17) is 4.74 Å². The Morgan fingerprint density at radius 1 is 1.22 bits per heavy atom. The Bertz CT molecular complexity index is 885. The number of hydrogen-bond acceptors (Lipinski definition) is 3. The standard InChI is InChI=1S/C18H17N3O2/c1-12-19-16-4-2-14(9-17(16)20-12)13-3-5-18-15(8-13)10-21(11-22)6-7-23-18/h2-5,8-9,11H,6-7,10H2,1H3,(H,19,20). The Morgan fingerprint density at radius 3 is 2.91 bits per heavy atom. The van der Waals surface area contributed by atoms with Crippen LogP contribution in [0.15, 0.2) is 36.4 Å². The molecular weight excluding hydrogens is 290 g/mol. The predicted octanol–water partition coefficient (Wildman–Crippen LogP) is 2.89. The number of carbonyl (C=O) groups is 1. The number of aromatic nitrogens is 2. The monoisotopic (exact) mass is 307 g/mol. The number of nitrogens with zero attached hydrogens (tertiary/aromatic N) is 2. The van der Waals surface area contributed by atoms with Crippen molar-refractivity contribution in [3.63, 3.8) is 0 Å². The van der Waals surface area contributed by atoms with E-state index < -0.39 is 0 Å². The number of aryl methyl sites for hydroxylation is 1. The summed E-state index contributed by atoms with van der Waals surface area (Å²) in [6, 6.07) is 12.3. The molecule has 116 valence electrons. The number of carbonyl (C=O) groups excluding carboxylic acids is 1. The first-order chi connectivity index (χ1) is 11.2. The lowest BCUT2D eigenvalue weighted by Crippen LogP contribution is -2.23. The fourth-order valence-corrected chi connectivity index (χ4v) is 3.00. The zero-order valence-electron chi connectivity index (χ0n) is 12.9. The van der Waals surface area contributed by atoms with Crippen molar-refractivity contribution in [1.29, 1.82) is 0 Å². The van der Waals surface area contributed by atoms with Crippen molar-refractivity contribution >= 4 is 17.4 Å². The molecule has 1 N–H and O–H groups in total. The molecule has 5 nitrogen and oxygen atoms in total. The van der Waals surface area contributed by atoms with Crippen molar-refractivity contribution in [2.75, 3.05) is 13.2 Å². The van der Waals surface area contributed by atoms with E-state index in [1.807, 2.05) is 19.1 Å². The lowest BCUT2D eigenvalue weighted by Gasteiger charge is -2.13. The number of aromatic amines is 1. The van der Waals surface area contributed by atoms with Crippen molar-refractivity contribution < 1.29 is 9.53 Å². The Kier molecular flexibility index (Phi) is 3.26. The molecule has 0 saturated carbocycles. The SMILES string of the molecule is Cc1nc2ccc(-c3ccc4c(c3)CN(C=O)CCO4)cc2[nH]1. The van der Waals surface area contributed by atoms with Gasteiger partial charge in [0.15, 0.2) is 0 Å². The number of ether oxygens (including phenoxy) is 1. The van der Waals surface area contributed by atoms with Gasteiger partial charge >= 0.3 is 0 Å². The molecule has 0 unspecified atom stereocenters. The average Bonchev–Trinajstić information content (AvgIpc) is 2.81. The highest BCUT2D eigenvalue weighted by molar-refractivity contribution is 5.82. The van der Waals surface area contributed by atoms with E-state index in [2.05, 4.69) is 34.2 Å². The second kappa shape index (κ2) is 5.43. The number of nitrogens with one attached hydrogen (secondary N) is 1. The van der Waals surface area contributed by atoms with Gasteiger partial charge in [-0.1, -0.05) is 12.1 Å². The van der Waals surface area contributed by atoms with Crippen LogP contribution < -0.4 is 4.74 Å². The second-order valence-electron chi connectivity index (χ2n) is 5.80. The summed E-state index contributed by atoms with van der Waals surface area (Å²) in [5, 5.41) is 0. The molecule has 0 spiro atoms. The van der Waals surface area contributed by atoms with Crippen LogP contribution >= 0.6 is 0 Å². The van der Waals surface area contributed by atoms with Crippen LogP contribution in [0.4, 0.5) is 0 Å². The summed E-state index contributed by atoms with van der Waals surface area (Å²) in [6.45, 7) is 3.68. The molecule has 1 aromatic heterocycles. The van der Waals surface area contributed by atoms with Gasteiger partial charge in [-0.05, 0) is 42.3 Å². The summed E-state index contributed by atoms with van der Waals surface area (Å²) in [6.07, 6.45) is 0.880. The van der Waals surface area contributed by atoms with Gasteiger partial charge in [0, 0.05) is 12.1 Å². The van der Waals surface area contributed by atoms with Crippen molar-refractivity contribution in [3.8, 4) is 16.9 Å². The maximum absolute atomic E-state index is 11.1. The zero-order chi connectivity index (χ0) is 15.8. The molecule has 0 aliphatic carbocycles. The lowest BCUT2D eigenvalue weighted by atomic mass is 10.0. The highest BCUT2D eigenvalue weighted by Gasteiger charge is 2.15. The molecule has 0 fully saturated rings. The smallest absolute Gasteiger partial charge is 0.210 e. The normalized spacial score (nSPS) is 14.2. The summed E-state index contributed by atoms with van der Waals surface area (Å²) in [7, 11) is 0. The molecule has 5 heteroatoms. The second-order valence-corrected chi connectivity index (χ2v) is 5.80. The Labute approximate surface area is 133 Å². The fourth-order valence-electron chi connectivity index (χ4n) is 3.00. The molecule has 1 aliphatic rings. The van der Waals surface area contributed by atoms with Crippen LogP contribution in [0.3, 0.4) is 0 Å². The van der Waals surface area contributed by atoms with Crippen molar-refractivity contribution in [2.45, 2.75) is 13.5 Å². The molecule has 2 aromatic carbocycles. The zero-order valence-corrected chi connectivity index (χ0v) is 12.9. The summed E-state index contributed by atoms with van der Waals surface area (Å²) >= 11 is 0. The van der Waals surface area contributed by atoms with Gasteiger partial charge in [0.1, 0.15) is 18.2 Å². The largest absolute Gasteiger partial charge is 0.491 e. The van der Waals surface area contributed by atoms with Gasteiger partial charge in [-0.2, -0.15) is 0 Å². The van der Waals surface area contributed by atoms with E-state index in [0.717, 1.165) is 45.7 Å². The Morgan fingerprint density at radius 2 is 2.04 bits per heavy atom. The number of benzene rings is 2. The predicted molar refractivity (Wildman–Crippen MR) is 88.2 cm³/mol. The van der Waals surface area contributed by atoms with Gasteiger partial charge in [0.05, 0.1) is 17.6 Å². The van der Waals surface area contributed by atoms with Crippen LogP contribution in [0, 0.1) is 6.92 Å². The molecule has 0 saturated heterocycles. The number of H-pyrrole nitrogens is 1. The summed E-state index contributed by atoms with van der Waals surface area (Å²) in [5.41, 5.74) is 5.25. The van der Waals surface area contributed by atoms with Crippen LogP contribution in [0.5, 0.6) is 5.75 Å². The minimum Gasteiger partial charge on any atom is -0.491 e. The van der Waals surface area contributed by atoms with E-state index in [0.29, 0.717) is 19.7 Å². The average molecular weight is 307 g/mol. The molecule has 2 heterocycles. The molecule has 3 aromatic rings. The van der Waals surface area contributed by atoms with Crippen LogP contribution in [-0.2, 0) is 11.3 Å². The van der Waals surface area contributed by atoms with Gasteiger partial charge in [-0.25, -0.2) is 4.98 Å². The first-order valence-electron chi connectivity index (χ1n) is 7.65. The first kappa shape index (κ1) is 13.8. The van der Waals surface area contributed by atoms with E-state index >= 15 is 0 Å². The minimum absolute atomic E-state index is 0.532. The summed E-state index contributed by atoms with van der Waals surface area (Å²) in [5.74, 6) is 1.77. The van der Waals surface area contributed by atoms with Crippen LogP contribution in [0.25, 0.3) is 22.2 Å². The van der Waals surface area contributed by atoms with Crippen molar-refractivity contribution in [3.05, 3.63) is 47.8 Å². The van der Waals surface area contributed by atoms with E-state index in [9.17, 15) is 4.79 Å². The van der Waals surface area contributed by atoms with E-state index in [-0.39, 0.29) is 0 Å². The molecule has 1 amide bonds. The highest BCUT2D eigenvalue weighted by atomic mass is 16.5. The maximum Gasteiger partial charge on any atom is 0.210 e. The number of fused-ring (bicyclic) bond motifs is 2. The van der Waals surface area contributed by atoms with Crippen molar-refractivity contribution in [2.24, 2.45) is 0 Å². The third-order valence-corrected chi connectivity index (χ3v) is 4.15. The van der Waals surface area contributed by atoms with Crippen LogP contribution in [0.1, 0.15) is 11.4 Å². The van der Waals surface area contributed by atoms with Gasteiger partial charge < -0.3 is 14.6 Å². The summed E-state index contributed by atoms with van der Waals surface area (Å²) in [4.78, 5) is 20.5. The van der Waals surface area contributed by atoms with Gasteiger partial charge in [0.2, 0.25) is 6.41 Å². The van der Waals surface area contributed by atoms with Crippen molar-refractivity contribution in [1.82, 2.24) is 14.9 Å². The van der Waals surface area contributed by atoms with Gasteiger partial charge in [0.25, 0.3) is 0 Å². The van der Waals surface area contributed by atoms with Crippen LogP contribution in [-0.4, -0.2) is 34.4 Å². The number of hydrogen-bond donors (Lipinski definition) is 1. The Balaban J connectivity index is 1.76. The number of imidazole rings is 1. The number of amides is 1. The van der Waals surface area contributed by atoms with Crippen LogP contribution in [0.2, 0.25) is 0 Å². The summed E-state index contributed by atoms with van der Waals surface area (Å²) < 4.78 is 5.73. The van der Waals surface area contributed by atoms with Gasteiger partial charge in [-0.15, -0.1) is 0 Å². The minimum atomic E-state index is 0.532. The number of rotatable bonds is 2. The molecule has 4 rings (SSSR count). The molecule has 0 atom stereocenters. The van der Waals surface area contributed by atoms with E-state index in [1.165, 1.54) is 0 Å². The molecular formula is C18H17N3O2. The molecule has 23 heavy (non-hydrogen) atoms. The first-order valence-corrected chi connectivity index (χ1v) is 7.65. The molecule has 0 bridgehead atoms. The van der Waals surface area contributed by atoms with E-state index in [1.54, 1.807) is 4.90 Å². The molecule has 1 aliphatic heterocycles. The Hall–Kier alpha value is -2.82. The molecule has 0 radical (unpaired) electrons. The third-order valence-electron chi connectivity index (χ3n) is 4.15. The van der Waals surface area contributed by atoms with Gasteiger partial charge in [-0.3, -0.25) is 4.79 Å². The topological polar surface area (TPSA) is 58.2 Å². The lowest BCUT2D eigenvalue weighted by molar-refractivity contribution is -0.118.